The number of amides is 1. The van der Waals surface area contributed by atoms with Gasteiger partial charge < -0.3 is 11.1 Å². The highest BCUT2D eigenvalue weighted by Crippen LogP contribution is 2.40. The Morgan fingerprint density at radius 3 is 3.00 bits per heavy atom. The largest absolute Gasteiger partial charge is 0.364 e. The molecular formula is C14H14ClN7OS. The zero-order valence-electron chi connectivity index (χ0n) is 12.6. The van der Waals surface area contributed by atoms with E-state index in [1.165, 1.54) is 17.7 Å². The number of fused-ring (bicyclic) bond motifs is 3. The van der Waals surface area contributed by atoms with E-state index in [2.05, 4.69) is 25.4 Å². The van der Waals surface area contributed by atoms with Gasteiger partial charge in [0.05, 0.1) is 17.4 Å². The molecule has 0 spiro atoms. The fourth-order valence-electron chi connectivity index (χ4n) is 2.94. The quantitative estimate of drug-likeness (QED) is 0.730. The Kier molecular flexibility index (Phi) is 4.20. The first-order valence-electron chi connectivity index (χ1n) is 6.97. The van der Waals surface area contributed by atoms with Gasteiger partial charge in [-0.25, -0.2) is 15.0 Å². The molecule has 0 fully saturated rings. The number of hydrogen-bond donors (Lipinski definition) is 2. The van der Waals surface area contributed by atoms with Crippen LogP contribution in [0, 0.1) is 0 Å². The molecule has 0 saturated carbocycles. The van der Waals surface area contributed by atoms with Crippen LogP contribution >= 0.6 is 23.7 Å². The van der Waals surface area contributed by atoms with Crippen molar-refractivity contribution in [2.45, 2.75) is 12.5 Å². The average molecular weight is 364 g/mol. The van der Waals surface area contributed by atoms with Gasteiger partial charge in [-0.3, -0.25) is 9.48 Å². The summed E-state index contributed by atoms with van der Waals surface area (Å²) in [7, 11) is 1.78. The Morgan fingerprint density at radius 2 is 2.29 bits per heavy atom. The van der Waals surface area contributed by atoms with Crippen molar-refractivity contribution in [2.75, 3.05) is 5.32 Å². The van der Waals surface area contributed by atoms with Gasteiger partial charge in [0.15, 0.2) is 10.8 Å². The molecule has 4 rings (SSSR count). The monoisotopic (exact) mass is 363 g/mol. The van der Waals surface area contributed by atoms with E-state index in [-0.39, 0.29) is 24.1 Å². The number of halogens is 1. The van der Waals surface area contributed by atoms with Crippen molar-refractivity contribution in [3.8, 4) is 11.4 Å². The molecule has 1 aliphatic carbocycles. The van der Waals surface area contributed by atoms with E-state index in [9.17, 15) is 4.79 Å². The summed E-state index contributed by atoms with van der Waals surface area (Å²) in [5, 5.41) is 10.3. The first-order chi connectivity index (χ1) is 11.1. The van der Waals surface area contributed by atoms with E-state index in [1.54, 1.807) is 24.1 Å². The Hall–Kier alpha value is -2.52. The van der Waals surface area contributed by atoms with Gasteiger partial charge in [0.1, 0.15) is 6.33 Å². The molecule has 1 atom stereocenters. The highest BCUT2D eigenvalue weighted by atomic mass is 35.5. The molecule has 3 N–H and O–H groups in total. The van der Waals surface area contributed by atoms with Crippen LogP contribution in [0.25, 0.3) is 11.4 Å². The predicted molar refractivity (Wildman–Crippen MR) is 92.2 cm³/mol. The number of primary amides is 1. The second-order valence-electron chi connectivity index (χ2n) is 5.23. The lowest BCUT2D eigenvalue weighted by molar-refractivity contribution is 0.0993. The highest BCUT2D eigenvalue weighted by molar-refractivity contribution is 7.13. The number of carbonyl (C=O) groups is 1. The Balaban J connectivity index is 0.00000169. The summed E-state index contributed by atoms with van der Waals surface area (Å²) in [5.41, 5.74) is 9.12. The maximum atomic E-state index is 11.8. The minimum Gasteiger partial charge on any atom is -0.364 e. The summed E-state index contributed by atoms with van der Waals surface area (Å²) < 4.78 is 1.65. The summed E-state index contributed by atoms with van der Waals surface area (Å²) in [4.78, 5) is 24.5. The van der Waals surface area contributed by atoms with E-state index < -0.39 is 5.91 Å². The van der Waals surface area contributed by atoms with Crippen LogP contribution in [0.4, 0.5) is 5.13 Å². The number of aromatic nitrogens is 5. The lowest BCUT2D eigenvalue weighted by atomic mass is 9.88. The average Bonchev–Trinajstić information content (AvgIpc) is 3.15. The minimum absolute atomic E-state index is 0. The smallest absolute Gasteiger partial charge is 0.269 e. The lowest BCUT2D eigenvalue weighted by Gasteiger charge is -2.25. The first kappa shape index (κ1) is 16.3. The third-order valence-electron chi connectivity index (χ3n) is 3.83. The minimum atomic E-state index is -0.551. The number of rotatable bonds is 3. The van der Waals surface area contributed by atoms with Crippen LogP contribution < -0.4 is 11.1 Å². The predicted octanol–water partition coefficient (Wildman–Crippen LogP) is 1.56. The number of aryl methyl sites for hydroxylation is 1. The summed E-state index contributed by atoms with van der Waals surface area (Å²) in [6.45, 7) is 0. The molecule has 8 nitrogen and oxygen atoms in total. The molecule has 3 aromatic heterocycles. The van der Waals surface area contributed by atoms with Crippen molar-refractivity contribution in [3.63, 3.8) is 0 Å². The summed E-state index contributed by atoms with van der Waals surface area (Å²) in [5.74, 6) is -0.551. The second kappa shape index (κ2) is 6.17. The fourth-order valence-corrected chi connectivity index (χ4v) is 3.53. The molecule has 3 aromatic rings. The molecule has 10 heteroatoms. The van der Waals surface area contributed by atoms with Crippen LogP contribution in [0.5, 0.6) is 0 Å². The highest BCUT2D eigenvalue weighted by Gasteiger charge is 2.34. The van der Waals surface area contributed by atoms with Crippen LogP contribution in [0.15, 0.2) is 24.1 Å². The van der Waals surface area contributed by atoms with E-state index >= 15 is 0 Å². The van der Waals surface area contributed by atoms with Crippen LogP contribution in [0.1, 0.15) is 27.7 Å². The van der Waals surface area contributed by atoms with Gasteiger partial charge in [-0.05, 0) is 0 Å². The standard InChI is InChI=1S/C14H13N7OS.ClH/c1-21-12-9(11(20-21)13(15)22)8(19-14-17-2-3-23-14)4-7-5-16-6-18-10(7)12;/h2-3,5-6,8H,4H2,1H3,(H2,15,22)(H,17,19);1H. The molecule has 3 heterocycles. The van der Waals surface area contributed by atoms with E-state index in [4.69, 9.17) is 5.73 Å². The molecule has 0 bridgehead atoms. The van der Waals surface area contributed by atoms with Crippen LogP contribution in [0.2, 0.25) is 0 Å². The van der Waals surface area contributed by atoms with Gasteiger partial charge in [-0.1, -0.05) is 0 Å². The second-order valence-corrected chi connectivity index (χ2v) is 6.13. The number of hydrogen-bond acceptors (Lipinski definition) is 7. The number of nitrogens with one attached hydrogen (secondary N) is 1. The third-order valence-corrected chi connectivity index (χ3v) is 4.54. The van der Waals surface area contributed by atoms with Crippen LogP contribution in [-0.2, 0) is 13.5 Å². The van der Waals surface area contributed by atoms with Gasteiger partial charge in [0, 0.05) is 42.4 Å². The lowest BCUT2D eigenvalue weighted by Crippen LogP contribution is -2.23. The molecule has 1 amide bonds. The van der Waals surface area contributed by atoms with Crippen LogP contribution in [0.3, 0.4) is 0 Å². The van der Waals surface area contributed by atoms with Gasteiger partial charge in [0.2, 0.25) is 0 Å². The molecule has 0 saturated heterocycles. The van der Waals surface area contributed by atoms with Crippen molar-refractivity contribution in [1.82, 2.24) is 24.7 Å². The molecule has 1 aliphatic rings. The molecular weight excluding hydrogens is 350 g/mol. The van der Waals surface area contributed by atoms with E-state index in [0.29, 0.717) is 6.42 Å². The number of thiazole rings is 1. The summed E-state index contributed by atoms with van der Waals surface area (Å²) >= 11 is 1.50. The molecule has 24 heavy (non-hydrogen) atoms. The molecule has 124 valence electrons. The van der Waals surface area contributed by atoms with Gasteiger partial charge in [0.25, 0.3) is 5.91 Å². The number of nitrogens with zero attached hydrogens (tertiary/aromatic N) is 5. The molecule has 1 unspecified atom stereocenters. The van der Waals surface area contributed by atoms with Gasteiger partial charge >= 0.3 is 0 Å². The van der Waals surface area contributed by atoms with Crippen LogP contribution in [-0.4, -0.2) is 30.6 Å². The van der Waals surface area contributed by atoms with Crippen molar-refractivity contribution < 1.29 is 4.79 Å². The summed E-state index contributed by atoms with van der Waals surface area (Å²) in [6.07, 6.45) is 5.65. The van der Waals surface area contributed by atoms with Crippen molar-refractivity contribution in [2.24, 2.45) is 12.8 Å². The Labute approximate surface area is 147 Å². The summed E-state index contributed by atoms with van der Waals surface area (Å²) in [6, 6.07) is -0.161. The van der Waals surface area contributed by atoms with Crippen molar-refractivity contribution in [1.29, 1.82) is 0 Å². The topological polar surface area (TPSA) is 112 Å². The fraction of sp³-hybridized carbons (Fsp3) is 0.214. The van der Waals surface area contributed by atoms with Gasteiger partial charge in [-0.2, -0.15) is 5.10 Å². The van der Waals surface area contributed by atoms with Crippen molar-refractivity contribution in [3.05, 3.63) is 40.9 Å². The third kappa shape index (κ3) is 2.51. The normalized spacial score (nSPS) is 15.1. The molecule has 0 aromatic carbocycles. The number of nitrogens with two attached hydrogens (primary N) is 1. The Bertz CT molecular complexity index is 893. The Morgan fingerprint density at radius 1 is 1.46 bits per heavy atom. The van der Waals surface area contributed by atoms with Crippen molar-refractivity contribution >= 4 is 34.8 Å². The zero-order valence-corrected chi connectivity index (χ0v) is 14.3. The molecule has 0 aliphatic heterocycles. The zero-order chi connectivity index (χ0) is 16.0. The van der Waals surface area contributed by atoms with E-state index in [1.807, 2.05) is 5.38 Å². The number of carbonyl (C=O) groups excluding carboxylic acids is 1. The van der Waals surface area contributed by atoms with E-state index in [0.717, 1.165) is 27.6 Å². The van der Waals surface area contributed by atoms with Gasteiger partial charge in [-0.15, -0.1) is 23.7 Å². The maximum absolute atomic E-state index is 11.8. The first-order valence-corrected chi connectivity index (χ1v) is 7.85. The number of anilines is 1. The SMILES string of the molecule is Cl.Cn1nc(C(N)=O)c2c1-c1ncncc1CC2Nc1nccs1. The maximum Gasteiger partial charge on any atom is 0.269 e. The molecule has 0 radical (unpaired) electrons.